The van der Waals surface area contributed by atoms with E-state index in [1.54, 1.807) is 24.3 Å². The lowest BCUT2D eigenvalue weighted by atomic mass is 10.1. The Hall–Kier alpha value is -3.35. The molecule has 0 bridgehead atoms. The topological polar surface area (TPSA) is 81.1 Å². The highest BCUT2D eigenvalue weighted by atomic mass is 16.5. The zero-order valence-corrected chi connectivity index (χ0v) is 14.5. The van der Waals surface area contributed by atoms with Crippen molar-refractivity contribution < 1.29 is 9.53 Å². The van der Waals surface area contributed by atoms with Gasteiger partial charge in [0.05, 0.1) is 32.1 Å². The molecule has 2 aromatic carbocycles. The van der Waals surface area contributed by atoms with Crippen LogP contribution in [0, 0.1) is 0 Å². The van der Waals surface area contributed by atoms with E-state index in [1.165, 1.54) is 0 Å². The van der Waals surface area contributed by atoms with Gasteiger partial charge in [0, 0.05) is 6.54 Å². The second-order valence-corrected chi connectivity index (χ2v) is 5.72. The average Bonchev–Trinajstić information content (AvgIpc) is 3.20. The molecule has 0 spiro atoms. The number of carbonyl (C=O) groups is 1. The van der Waals surface area contributed by atoms with Gasteiger partial charge in [-0.3, -0.25) is 0 Å². The molecular weight excluding hydrogens is 330 g/mol. The van der Waals surface area contributed by atoms with Crippen LogP contribution >= 0.6 is 0 Å². The predicted molar refractivity (Wildman–Crippen MR) is 97.6 cm³/mol. The van der Waals surface area contributed by atoms with Gasteiger partial charge < -0.3 is 15.4 Å². The second kappa shape index (κ2) is 8.66. The molecule has 134 valence electrons. The summed E-state index contributed by atoms with van der Waals surface area (Å²) in [5.41, 5.74) is 1.98. The monoisotopic (exact) mass is 351 g/mol. The Morgan fingerprint density at radius 1 is 1.08 bits per heavy atom. The number of rotatable bonds is 7. The van der Waals surface area contributed by atoms with Crippen molar-refractivity contribution in [2.45, 2.75) is 19.1 Å². The minimum absolute atomic E-state index is 0.237. The molecule has 7 heteroatoms. The maximum absolute atomic E-state index is 12.4. The van der Waals surface area contributed by atoms with E-state index in [2.05, 4.69) is 20.8 Å². The van der Waals surface area contributed by atoms with E-state index in [9.17, 15) is 4.79 Å². The fraction of sp³-hybridized carbons (Fsp3) is 0.211. The molecule has 0 saturated carbocycles. The van der Waals surface area contributed by atoms with Crippen molar-refractivity contribution in [1.29, 1.82) is 0 Å². The fourth-order valence-corrected chi connectivity index (χ4v) is 2.56. The van der Waals surface area contributed by atoms with Gasteiger partial charge in [0.2, 0.25) is 0 Å². The number of nitrogens with zero attached hydrogens (tertiary/aromatic N) is 3. The van der Waals surface area contributed by atoms with Crippen molar-refractivity contribution >= 4 is 6.03 Å². The molecule has 0 aliphatic carbocycles. The molecule has 1 atom stereocenters. The van der Waals surface area contributed by atoms with Crippen LogP contribution in [0.5, 0.6) is 5.75 Å². The van der Waals surface area contributed by atoms with Crippen LogP contribution in [0.2, 0.25) is 0 Å². The minimum atomic E-state index is -0.248. The summed E-state index contributed by atoms with van der Waals surface area (Å²) < 4.78 is 5.13. The fourth-order valence-electron chi connectivity index (χ4n) is 2.56. The first-order valence-electron chi connectivity index (χ1n) is 8.31. The SMILES string of the molecule is COc1ccc(CNC(=O)NC(Cn2nccn2)c2ccccc2)cc1. The number of methoxy groups -OCH3 is 1. The van der Waals surface area contributed by atoms with Crippen LogP contribution in [0.25, 0.3) is 0 Å². The van der Waals surface area contributed by atoms with E-state index in [-0.39, 0.29) is 12.1 Å². The normalized spacial score (nSPS) is 11.6. The third kappa shape index (κ3) is 4.83. The Balaban J connectivity index is 1.61. The van der Waals surface area contributed by atoms with Crippen LogP contribution in [0.3, 0.4) is 0 Å². The maximum Gasteiger partial charge on any atom is 0.315 e. The van der Waals surface area contributed by atoms with Crippen LogP contribution in [-0.2, 0) is 13.1 Å². The first-order chi connectivity index (χ1) is 12.7. The van der Waals surface area contributed by atoms with Gasteiger partial charge in [-0.1, -0.05) is 42.5 Å². The van der Waals surface area contributed by atoms with Crippen molar-refractivity contribution in [3.63, 3.8) is 0 Å². The maximum atomic E-state index is 12.4. The van der Waals surface area contributed by atoms with Gasteiger partial charge in [0.1, 0.15) is 5.75 Å². The first kappa shape index (κ1) is 17.5. The summed E-state index contributed by atoms with van der Waals surface area (Å²) in [5, 5.41) is 14.1. The lowest BCUT2D eigenvalue weighted by Gasteiger charge is -2.19. The van der Waals surface area contributed by atoms with Gasteiger partial charge in [0.25, 0.3) is 0 Å². The molecule has 1 aromatic heterocycles. The van der Waals surface area contributed by atoms with Crippen molar-refractivity contribution in [1.82, 2.24) is 25.6 Å². The Kier molecular flexibility index (Phi) is 5.82. The smallest absolute Gasteiger partial charge is 0.315 e. The quantitative estimate of drug-likeness (QED) is 0.685. The molecule has 7 nitrogen and oxygen atoms in total. The summed E-state index contributed by atoms with van der Waals surface area (Å²) in [7, 11) is 1.62. The van der Waals surface area contributed by atoms with Gasteiger partial charge in [0.15, 0.2) is 0 Å². The summed E-state index contributed by atoms with van der Waals surface area (Å²) >= 11 is 0. The summed E-state index contributed by atoms with van der Waals surface area (Å²) in [6.45, 7) is 0.879. The van der Waals surface area contributed by atoms with Gasteiger partial charge in [-0.15, -0.1) is 0 Å². The Morgan fingerprint density at radius 3 is 2.42 bits per heavy atom. The third-order valence-electron chi connectivity index (χ3n) is 3.93. The molecule has 3 aromatic rings. The van der Waals surface area contributed by atoms with Crippen LogP contribution in [-0.4, -0.2) is 28.1 Å². The molecule has 0 aliphatic rings. The van der Waals surface area contributed by atoms with E-state index < -0.39 is 0 Å². The standard InChI is InChI=1S/C19H21N5O2/c1-26-17-9-7-15(8-10-17)13-20-19(25)23-18(14-24-21-11-12-22-24)16-5-3-2-4-6-16/h2-12,18H,13-14H2,1H3,(H2,20,23,25). The zero-order chi connectivity index (χ0) is 18.2. The molecule has 0 saturated heterocycles. The summed E-state index contributed by atoms with van der Waals surface area (Å²) in [6, 6.07) is 16.8. The molecule has 3 rings (SSSR count). The molecular formula is C19H21N5O2. The Labute approximate surface area is 152 Å². The summed E-state index contributed by atoms with van der Waals surface area (Å²) in [4.78, 5) is 13.9. The number of nitrogens with one attached hydrogen (secondary N) is 2. The van der Waals surface area contributed by atoms with Crippen LogP contribution in [0.15, 0.2) is 67.0 Å². The average molecular weight is 351 g/mol. The molecule has 0 radical (unpaired) electrons. The number of benzene rings is 2. The molecule has 0 fully saturated rings. The summed E-state index contributed by atoms with van der Waals surface area (Å²) in [6.07, 6.45) is 3.23. The van der Waals surface area contributed by atoms with E-state index in [1.807, 2.05) is 54.6 Å². The van der Waals surface area contributed by atoms with Gasteiger partial charge in [-0.05, 0) is 23.3 Å². The number of carbonyl (C=O) groups excluding carboxylic acids is 1. The van der Waals surface area contributed by atoms with Gasteiger partial charge in [-0.2, -0.15) is 15.0 Å². The lowest BCUT2D eigenvalue weighted by molar-refractivity contribution is 0.234. The Bertz CT molecular complexity index is 804. The molecule has 1 heterocycles. The van der Waals surface area contributed by atoms with Crippen LogP contribution < -0.4 is 15.4 Å². The van der Waals surface area contributed by atoms with Crippen molar-refractivity contribution in [2.24, 2.45) is 0 Å². The minimum Gasteiger partial charge on any atom is -0.497 e. The highest BCUT2D eigenvalue weighted by Crippen LogP contribution is 2.14. The van der Waals surface area contributed by atoms with Gasteiger partial charge >= 0.3 is 6.03 Å². The Morgan fingerprint density at radius 2 is 1.77 bits per heavy atom. The third-order valence-corrected chi connectivity index (χ3v) is 3.93. The molecule has 26 heavy (non-hydrogen) atoms. The van der Waals surface area contributed by atoms with E-state index in [4.69, 9.17) is 4.74 Å². The van der Waals surface area contributed by atoms with E-state index in [0.29, 0.717) is 13.1 Å². The number of ether oxygens (including phenoxy) is 1. The molecule has 2 amide bonds. The number of hydrogen-bond acceptors (Lipinski definition) is 4. The highest BCUT2D eigenvalue weighted by molar-refractivity contribution is 5.74. The van der Waals surface area contributed by atoms with E-state index in [0.717, 1.165) is 16.9 Å². The molecule has 1 unspecified atom stereocenters. The lowest BCUT2D eigenvalue weighted by Crippen LogP contribution is -2.39. The molecule has 0 aliphatic heterocycles. The number of hydrogen-bond donors (Lipinski definition) is 2. The van der Waals surface area contributed by atoms with Crippen molar-refractivity contribution in [3.8, 4) is 5.75 Å². The summed E-state index contributed by atoms with van der Waals surface area (Å²) in [5.74, 6) is 0.786. The van der Waals surface area contributed by atoms with Crippen LogP contribution in [0.4, 0.5) is 4.79 Å². The van der Waals surface area contributed by atoms with E-state index >= 15 is 0 Å². The van der Waals surface area contributed by atoms with Crippen LogP contribution in [0.1, 0.15) is 17.2 Å². The molecule has 2 N–H and O–H groups in total. The number of aromatic nitrogens is 3. The highest BCUT2D eigenvalue weighted by Gasteiger charge is 2.15. The van der Waals surface area contributed by atoms with Crippen molar-refractivity contribution in [2.75, 3.05) is 7.11 Å². The second-order valence-electron chi connectivity index (χ2n) is 5.72. The number of amides is 2. The van der Waals surface area contributed by atoms with Gasteiger partial charge in [-0.25, -0.2) is 4.79 Å². The predicted octanol–water partition coefficient (Wildman–Crippen LogP) is 2.53. The first-order valence-corrected chi connectivity index (χ1v) is 8.31. The largest absolute Gasteiger partial charge is 0.497 e. The zero-order valence-electron chi connectivity index (χ0n) is 14.5. The van der Waals surface area contributed by atoms with Crippen molar-refractivity contribution in [3.05, 3.63) is 78.1 Å². The number of urea groups is 1.